The van der Waals surface area contributed by atoms with Gasteiger partial charge in [-0.05, 0) is 96.9 Å². The Morgan fingerprint density at radius 1 is 0.333 bits per heavy atom. The Labute approximate surface area is 334 Å². The fraction of sp³-hybridized carbons (Fsp3) is 0.789. The molecule has 7 N–H and O–H groups in total. The predicted octanol–water partition coefficient (Wildman–Crippen LogP) is 1.72. The van der Waals surface area contributed by atoms with Gasteiger partial charge in [-0.25, -0.2) is 0 Å². The summed E-state index contributed by atoms with van der Waals surface area (Å²) in [7, 11) is 1.26. The van der Waals surface area contributed by atoms with Gasteiger partial charge >= 0.3 is 18.1 Å². The van der Waals surface area contributed by atoms with E-state index in [0.29, 0.717) is 0 Å². The number of halogens is 3. The van der Waals surface area contributed by atoms with E-state index in [9.17, 15) is 51.5 Å². The van der Waals surface area contributed by atoms with E-state index < -0.39 is 92.0 Å². The highest BCUT2D eigenvalue weighted by Crippen LogP contribution is 2.23. The second kappa shape index (κ2) is 19.3. The summed E-state index contributed by atoms with van der Waals surface area (Å²) in [6.45, 7) is 20.9. The molecule has 19 heteroatoms. The number of esters is 1. The van der Waals surface area contributed by atoms with Crippen molar-refractivity contribution in [1.29, 1.82) is 0 Å². The molecule has 57 heavy (non-hydrogen) atoms. The van der Waals surface area contributed by atoms with Gasteiger partial charge in [0.1, 0.15) is 0 Å². The monoisotopic (exact) mass is 827 g/mol. The van der Waals surface area contributed by atoms with Crippen molar-refractivity contribution in [3.63, 3.8) is 0 Å². The number of ether oxygens (including phenoxy) is 1. The summed E-state index contributed by atoms with van der Waals surface area (Å²) in [6.07, 6.45) is -5.10. The van der Waals surface area contributed by atoms with Crippen molar-refractivity contribution in [3.05, 3.63) is 0 Å². The third-order valence-corrected chi connectivity index (χ3v) is 9.52. The fourth-order valence-electron chi connectivity index (χ4n) is 4.47. The van der Waals surface area contributed by atoms with E-state index in [1.54, 1.807) is 74.6 Å². The first-order chi connectivity index (χ1) is 25.4. The summed E-state index contributed by atoms with van der Waals surface area (Å²) in [6, 6.07) is 0. The van der Waals surface area contributed by atoms with Crippen LogP contribution < -0.4 is 37.2 Å². The Morgan fingerprint density at radius 3 is 0.649 bits per heavy atom. The van der Waals surface area contributed by atoms with Gasteiger partial charge < -0.3 is 42.0 Å². The molecule has 7 amide bonds. The molecule has 0 aliphatic rings. The van der Waals surface area contributed by atoms with Gasteiger partial charge in [-0.1, -0.05) is 0 Å². The molecule has 16 nitrogen and oxygen atoms in total. The SMILES string of the molecule is COC(=O)C(C)(C)CN[13C](=O)C(C)(C)CNC(=O)C(C)(C)CNC(=O)C(C)(C)[13CH2][15NH][13C](=O)C(C)(C)CNC(=O)C(C)(C)CNC(=O)C(C)(C)[13CH2][15NH]C(=O)C(F)(F)F. The Hall–Kier alpha value is -4.45. The van der Waals surface area contributed by atoms with Gasteiger partial charge in [0.25, 0.3) is 0 Å². The van der Waals surface area contributed by atoms with E-state index in [1.807, 2.05) is 0 Å². The molecule has 0 rings (SSSR count). The Bertz CT molecular complexity index is 1520. The first-order valence-corrected chi connectivity index (χ1v) is 18.5. The molecule has 328 valence electrons. The van der Waals surface area contributed by atoms with Crippen LogP contribution in [-0.2, 0) is 43.1 Å². The van der Waals surface area contributed by atoms with Crippen LogP contribution >= 0.6 is 0 Å². The fourth-order valence-corrected chi connectivity index (χ4v) is 4.47. The topological polar surface area (TPSA) is 230 Å². The molecule has 0 unspecified atom stereocenters. The number of hydrogen-bond acceptors (Lipinski definition) is 9. The van der Waals surface area contributed by atoms with Crippen molar-refractivity contribution in [1.82, 2.24) is 37.2 Å². The van der Waals surface area contributed by atoms with E-state index >= 15 is 0 Å². The highest BCUT2D eigenvalue weighted by Gasteiger charge is 2.41. The molecule has 0 aliphatic heterocycles. The number of carbonyl (C=O) groups excluding carboxylic acids is 8. The molecule has 0 aromatic carbocycles. The van der Waals surface area contributed by atoms with Crippen LogP contribution in [0.25, 0.3) is 0 Å². The lowest BCUT2D eigenvalue weighted by Crippen LogP contribution is -2.54. The second-order valence-electron chi connectivity index (χ2n) is 19.0. The first-order valence-electron chi connectivity index (χ1n) is 18.5. The van der Waals surface area contributed by atoms with Gasteiger partial charge in [0, 0.05) is 45.8 Å². The van der Waals surface area contributed by atoms with Gasteiger partial charge in [-0.3, -0.25) is 38.4 Å². The van der Waals surface area contributed by atoms with Crippen molar-refractivity contribution in [2.24, 2.45) is 37.9 Å². The molecule has 0 spiro atoms. The molecule has 0 aromatic rings. The molecule has 0 atom stereocenters. The Kier molecular flexibility index (Phi) is 17.8. The number of amides is 7. The van der Waals surface area contributed by atoms with Gasteiger partial charge in [-0.2, -0.15) is 13.2 Å². The summed E-state index contributed by atoms with van der Waals surface area (Å²) in [5.74, 6) is -5.59. The smallest absolute Gasteiger partial charge is 0.469 e. The van der Waals surface area contributed by atoms with Crippen LogP contribution in [0.2, 0.25) is 0 Å². The summed E-state index contributed by atoms with van der Waals surface area (Å²) < 4.78 is 42.3. The average Bonchev–Trinajstić information content (AvgIpc) is 3.09. The standard InChI is InChI=1S/C38H66F3N7O9/c1-31(2,24(50)43-18-33(5,6)26(52)45-20-35(9,10)28(54)47-22-37(13,14)30(56)57-15)16-42-23(49)32(3,4)17-44-25(51)34(7,8)19-46-27(53)36(11,12)21-48-29(55)38(39,40)41/h16-22H2,1-15H3,(H,42,49)(H,43,50)(H,44,51)(H,45,52)(H,46,53)(H,47,54)(H,48,55)/i16+1,21+1,23+1,28+1,42+1,48+1. The lowest BCUT2D eigenvalue weighted by atomic mass is 9.90. The van der Waals surface area contributed by atoms with E-state index in [1.165, 1.54) is 34.8 Å². The number of carbonyl (C=O) groups is 8. The molecular weight excluding hydrogens is 761 g/mol. The molecule has 0 radical (unpaired) electrons. The van der Waals surface area contributed by atoms with Crippen LogP contribution in [0, 0.1) is 37.9 Å². The number of alkyl halides is 3. The van der Waals surface area contributed by atoms with Crippen molar-refractivity contribution in [2.75, 3.05) is 52.9 Å². The number of hydrogen-bond donors (Lipinski definition) is 7. The molecular formula is C38H66F3N7O9. The zero-order valence-corrected chi connectivity index (χ0v) is 36.3. The number of nitrogens with one attached hydrogen (secondary N) is 7. The van der Waals surface area contributed by atoms with Crippen molar-refractivity contribution < 1.29 is 56.3 Å². The van der Waals surface area contributed by atoms with Crippen LogP contribution in [-0.4, -0.2) is 106 Å². The highest BCUT2D eigenvalue weighted by atomic mass is 19.4. The summed E-state index contributed by atoms with van der Waals surface area (Å²) in [5.41, 5.74) is -7.96. The molecule has 0 aliphatic carbocycles. The van der Waals surface area contributed by atoms with E-state index in [0.717, 1.165) is 0 Å². The van der Waals surface area contributed by atoms with Crippen LogP contribution in [0.3, 0.4) is 0 Å². The highest BCUT2D eigenvalue weighted by molar-refractivity contribution is 5.89. The van der Waals surface area contributed by atoms with Gasteiger partial charge in [0.05, 0.1) is 45.0 Å². The Morgan fingerprint density at radius 2 is 0.491 bits per heavy atom. The predicted molar refractivity (Wildman–Crippen MR) is 206 cm³/mol. The van der Waals surface area contributed by atoms with E-state index in [-0.39, 0.29) is 45.2 Å². The number of rotatable bonds is 21. The quantitative estimate of drug-likeness (QED) is 0.0507. The van der Waals surface area contributed by atoms with Crippen molar-refractivity contribution in [2.45, 2.75) is 103 Å². The maximum absolute atomic E-state index is 13.2. The van der Waals surface area contributed by atoms with E-state index in [2.05, 4.69) is 31.9 Å². The zero-order chi connectivity index (χ0) is 45.2. The third-order valence-electron chi connectivity index (χ3n) is 9.52. The third kappa shape index (κ3) is 16.5. The van der Waals surface area contributed by atoms with Gasteiger partial charge in [0.15, 0.2) is 0 Å². The lowest BCUT2D eigenvalue weighted by Gasteiger charge is -2.32. The minimum atomic E-state index is -5.10. The van der Waals surface area contributed by atoms with Crippen LogP contribution in [0.1, 0.15) is 96.9 Å². The van der Waals surface area contributed by atoms with Crippen LogP contribution in [0.15, 0.2) is 0 Å². The average molecular weight is 828 g/mol. The van der Waals surface area contributed by atoms with E-state index in [4.69, 9.17) is 4.74 Å². The minimum Gasteiger partial charge on any atom is -0.469 e. The number of methoxy groups -OCH3 is 1. The minimum absolute atomic E-state index is 0.0210. The second-order valence-corrected chi connectivity index (χ2v) is 19.0. The maximum atomic E-state index is 13.2. The summed E-state index contributed by atoms with van der Waals surface area (Å²) in [4.78, 5) is 101. The zero-order valence-electron chi connectivity index (χ0n) is 36.3. The lowest BCUT2D eigenvalue weighted by molar-refractivity contribution is -0.174. The van der Waals surface area contributed by atoms with Crippen LogP contribution in [0.5, 0.6) is 0 Å². The molecule has 0 saturated heterocycles. The van der Waals surface area contributed by atoms with Crippen molar-refractivity contribution >= 4 is 47.3 Å². The summed E-state index contributed by atoms with van der Waals surface area (Å²) >= 11 is 0. The van der Waals surface area contributed by atoms with Gasteiger partial charge in [0.2, 0.25) is 35.4 Å². The van der Waals surface area contributed by atoms with Crippen LogP contribution in [0.4, 0.5) is 13.2 Å². The molecule has 0 bridgehead atoms. The van der Waals surface area contributed by atoms with Crippen molar-refractivity contribution in [3.8, 4) is 0 Å². The summed E-state index contributed by atoms with van der Waals surface area (Å²) in [5, 5.41) is 17.9. The largest absolute Gasteiger partial charge is 0.471 e. The van der Waals surface area contributed by atoms with Gasteiger partial charge in [-0.15, -0.1) is 0 Å². The molecule has 0 fully saturated rings. The first kappa shape index (κ1) is 52.6. The molecule has 0 heterocycles. The maximum Gasteiger partial charge on any atom is 0.471 e. The molecule has 0 aromatic heterocycles. The molecule has 0 saturated carbocycles. The Balaban J connectivity index is 5.09. The normalized spacial score (nSPS) is 13.1.